The van der Waals surface area contributed by atoms with E-state index in [1.54, 1.807) is 11.6 Å². The number of carbonyl (C=O) groups excluding carboxylic acids is 2. The van der Waals surface area contributed by atoms with Gasteiger partial charge in [-0.15, -0.1) is 0 Å². The fourth-order valence-corrected chi connectivity index (χ4v) is 5.29. The number of fused-ring (bicyclic) bond motifs is 1. The van der Waals surface area contributed by atoms with Crippen LogP contribution in [-0.2, 0) is 23.2 Å². The molecule has 3 aliphatic heterocycles. The molecule has 1 spiro atoms. The maximum absolute atomic E-state index is 13.0. The minimum atomic E-state index is -0.352. The van der Waals surface area contributed by atoms with E-state index in [1.165, 1.54) is 17.5 Å². The van der Waals surface area contributed by atoms with E-state index in [1.807, 2.05) is 18.2 Å². The number of carbonyl (C=O) groups is 2. The van der Waals surface area contributed by atoms with Crippen LogP contribution in [0.4, 0.5) is 0 Å². The molecule has 0 unspecified atom stereocenters. The van der Waals surface area contributed by atoms with Crippen molar-refractivity contribution < 1.29 is 9.59 Å². The Kier molecular flexibility index (Phi) is 4.36. The number of imidazole rings is 1. The first-order valence-corrected chi connectivity index (χ1v) is 10.5. The zero-order valence-electron chi connectivity index (χ0n) is 16.8. The fraction of sp³-hybridized carbons (Fsp3) is 0.571. The van der Waals surface area contributed by atoms with Crippen LogP contribution in [-0.4, -0.2) is 52.1 Å². The number of hydrogen-bond acceptors (Lipinski definition) is 5. The molecule has 0 saturated carbocycles. The van der Waals surface area contributed by atoms with Crippen LogP contribution in [0.3, 0.4) is 0 Å². The van der Waals surface area contributed by atoms with Gasteiger partial charge in [0.25, 0.3) is 0 Å². The van der Waals surface area contributed by atoms with Crippen LogP contribution in [0, 0.1) is 5.41 Å². The number of rotatable bonds is 3. The predicted octanol–water partition coefficient (Wildman–Crippen LogP) is 0.700. The van der Waals surface area contributed by atoms with Crippen molar-refractivity contribution in [2.75, 3.05) is 31.2 Å². The summed E-state index contributed by atoms with van der Waals surface area (Å²) < 4.78 is 2.84. The van der Waals surface area contributed by atoms with Crippen LogP contribution >= 0.6 is 0 Å². The van der Waals surface area contributed by atoms with Gasteiger partial charge in [0.15, 0.2) is 0 Å². The Balaban J connectivity index is 1.48. The Morgan fingerprint density at radius 2 is 1.72 bits per heavy atom. The number of nitrogens with zero attached hydrogens (tertiary/aromatic N) is 4. The van der Waals surface area contributed by atoms with Crippen molar-refractivity contribution in [2.24, 2.45) is 12.5 Å². The third-order valence-electron chi connectivity index (χ3n) is 6.76. The van der Waals surface area contributed by atoms with Gasteiger partial charge in [0, 0.05) is 39.5 Å². The fourth-order valence-electron chi connectivity index (χ4n) is 5.29. The van der Waals surface area contributed by atoms with Crippen LogP contribution in [0.5, 0.6) is 0 Å². The van der Waals surface area contributed by atoms with E-state index >= 15 is 0 Å². The molecule has 0 atom stereocenters. The standard InChI is InChI=1S/C21H27N5O3/c1-23-19-15(12-24-13-21(14-24)8-10-22-11-9-21)4-2-5-16(19)25(20(23)29)26-17(27)6-3-7-18(26)28/h2,4-5,22H,3,6-14H2,1H3. The highest BCUT2D eigenvalue weighted by Crippen LogP contribution is 2.39. The van der Waals surface area contributed by atoms with E-state index in [0.29, 0.717) is 30.2 Å². The van der Waals surface area contributed by atoms with Gasteiger partial charge in [-0.3, -0.25) is 19.1 Å². The highest BCUT2D eigenvalue weighted by atomic mass is 16.2. The van der Waals surface area contributed by atoms with Crippen molar-refractivity contribution in [1.82, 2.24) is 19.5 Å². The molecule has 4 heterocycles. The molecule has 1 aromatic heterocycles. The number of benzene rings is 1. The minimum absolute atomic E-state index is 0.291. The van der Waals surface area contributed by atoms with Crippen molar-refractivity contribution >= 4 is 22.8 Å². The molecular weight excluding hydrogens is 370 g/mol. The van der Waals surface area contributed by atoms with E-state index in [4.69, 9.17) is 0 Å². The zero-order chi connectivity index (χ0) is 20.2. The molecule has 0 bridgehead atoms. The van der Waals surface area contributed by atoms with Gasteiger partial charge in [0.1, 0.15) is 0 Å². The molecule has 154 valence electrons. The maximum atomic E-state index is 13.0. The van der Waals surface area contributed by atoms with Gasteiger partial charge >= 0.3 is 5.69 Å². The molecular formula is C21H27N5O3. The van der Waals surface area contributed by atoms with Gasteiger partial charge in [-0.25, -0.2) is 4.79 Å². The Morgan fingerprint density at radius 3 is 2.41 bits per heavy atom. The summed E-state index contributed by atoms with van der Waals surface area (Å²) in [4.78, 5) is 40.3. The quantitative estimate of drug-likeness (QED) is 0.772. The number of amides is 2. The number of aryl methyl sites for hydroxylation is 1. The summed E-state index contributed by atoms with van der Waals surface area (Å²) in [6.07, 6.45) is 3.58. The van der Waals surface area contributed by atoms with Crippen LogP contribution < -0.4 is 16.0 Å². The van der Waals surface area contributed by atoms with Crippen LogP contribution in [0.25, 0.3) is 11.0 Å². The lowest BCUT2D eigenvalue weighted by Gasteiger charge is -2.52. The highest BCUT2D eigenvalue weighted by Gasteiger charge is 2.43. The predicted molar refractivity (Wildman–Crippen MR) is 109 cm³/mol. The lowest BCUT2D eigenvalue weighted by molar-refractivity contribution is -0.131. The first-order valence-electron chi connectivity index (χ1n) is 10.5. The minimum Gasteiger partial charge on any atom is -0.317 e. The summed E-state index contributed by atoms with van der Waals surface area (Å²) in [6, 6.07) is 5.77. The zero-order valence-corrected chi connectivity index (χ0v) is 16.8. The third kappa shape index (κ3) is 2.93. The Hall–Kier alpha value is -2.45. The summed E-state index contributed by atoms with van der Waals surface area (Å²) in [5.41, 5.74) is 2.57. The number of para-hydroxylation sites is 1. The second-order valence-electron chi connectivity index (χ2n) is 8.79. The Bertz CT molecular complexity index is 1020. The number of hydrogen-bond donors (Lipinski definition) is 1. The average Bonchev–Trinajstić information content (AvgIpc) is 2.93. The molecule has 1 N–H and O–H groups in total. The first-order chi connectivity index (χ1) is 14.0. The van der Waals surface area contributed by atoms with Crippen molar-refractivity contribution in [3.8, 4) is 0 Å². The highest BCUT2D eigenvalue weighted by molar-refractivity contribution is 6.11. The smallest absolute Gasteiger partial charge is 0.317 e. The molecule has 2 amide bonds. The molecule has 2 aromatic rings. The van der Waals surface area contributed by atoms with Gasteiger partial charge in [-0.2, -0.15) is 9.69 Å². The van der Waals surface area contributed by atoms with Crippen molar-refractivity contribution in [3.05, 3.63) is 34.2 Å². The largest absolute Gasteiger partial charge is 0.348 e. The summed E-state index contributed by atoms with van der Waals surface area (Å²) in [5, 5.41) is 4.48. The second kappa shape index (κ2) is 6.81. The number of likely N-dealkylation sites (tertiary alicyclic amines) is 1. The molecule has 1 aromatic carbocycles. The Morgan fingerprint density at radius 1 is 1.03 bits per heavy atom. The lowest BCUT2D eigenvalue weighted by Crippen LogP contribution is -2.59. The molecule has 3 fully saturated rings. The molecule has 0 aliphatic carbocycles. The molecule has 3 saturated heterocycles. The van der Waals surface area contributed by atoms with Crippen LogP contribution in [0.2, 0.25) is 0 Å². The van der Waals surface area contributed by atoms with Crippen LogP contribution in [0.1, 0.15) is 37.7 Å². The molecule has 3 aliphatic rings. The van der Waals surface area contributed by atoms with E-state index < -0.39 is 0 Å². The van der Waals surface area contributed by atoms with E-state index in [0.717, 1.165) is 48.8 Å². The normalized spacial score (nSPS) is 22.4. The SMILES string of the molecule is Cn1c(=O)n(N2C(=O)CCCC2=O)c2cccc(CN3CC4(CCNCC4)C3)c21. The van der Waals surface area contributed by atoms with Gasteiger partial charge in [-0.05, 0) is 49.4 Å². The monoisotopic (exact) mass is 397 g/mol. The average molecular weight is 397 g/mol. The molecule has 8 nitrogen and oxygen atoms in total. The number of aromatic nitrogens is 2. The van der Waals surface area contributed by atoms with Crippen molar-refractivity contribution in [1.29, 1.82) is 0 Å². The Labute approximate surface area is 169 Å². The topological polar surface area (TPSA) is 79.6 Å². The summed E-state index contributed by atoms with van der Waals surface area (Å²) in [6.45, 7) is 5.13. The summed E-state index contributed by atoms with van der Waals surface area (Å²) >= 11 is 0. The summed E-state index contributed by atoms with van der Waals surface area (Å²) in [7, 11) is 1.72. The molecule has 29 heavy (non-hydrogen) atoms. The van der Waals surface area contributed by atoms with Gasteiger partial charge in [0.05, 0.1) is 11.0 Å². The number of piperidine rings is 2. The molecule has 0 radical (unpaired) electrons. The number of nitrogens with one attached hydrogen (secondary N) is 1. The van der Waals surface area contributed by atoms with Crippen molar-refractivity contribution in [2.45, 2.75) is 38.6 Å². The van der Waals surface area contributed by atoms with E-state index in [9.17, 15) is 14.4 Å². The van der Waals surface area contributed by atoms with Gasteiger partial charge in [0.2, 0.25) is 11.8 Å². The molecule has 8 heteroatoms. The number of imide groups is 1. The lowest BCUT2D eigenvalue weighted by atomic mass is 9.72. The summed E-state index contributed by atoms with van der Waals surface area (Å²) in [5.74, 6) is -0.617. The van der Waals surface area contributed by atoms with Crippen LogP contribution in [0.15, 0.2) is 23.0 Å². The third-order valence-corrected chi connectivity index (χ3v) is 6.76. The van der Waals surface area contributed by atoms with Crippen molar-refractivity contribution in [3.63, 3.8) is 0 Å². The first kappa shape index (κ1) is 18.6. The van der Waals surface area contributed by atoms with E-state index in [2.05, 4.69) is 10.2 Å². The maximum Gasteiger partial charge on any atom is 0.348 e. The van der Waals surface area contributed by atoms with Gasteiger partial charge in [-0.1, -0.05) is 12.1 Å². The second-order valence-corrected chi connectivity index (χ2v) is 8.79. The van der Waals surface area contributed by atoms with Gasteiger partial charge < -0.3 is 5.32 Å². The molecule has 5 rings (SSSR count). The van der Waals surface area contributed by atoms with E-state index in [-0.39, 0.29) is 17.5 Å².